The molecule has 2 aromatic rings. The molecule has 0 atom stereocenters. The van der Waals surface area contributed by atoms with Crippen molar-refractivity contribution < 1.29 is 9.90 Å². The van der Waals surface area contributed by atoms with Gasteiger partial charge in [0.15, 0.2) is 0 Å². The van der Waals surface area contributed by atoms with Crippen LogP contribution in [0.3, 0.4) is 0 Å². The second-order valence-electron chi connectivity index (χ2n) is 5.70. The highest BCUT2D eigenvalue weighted by atomic mass is 32.2. The number of thioether (sulfide) groups is 1. The molecule has 1 aromatic carbocycles. The van der Waals surface area contributed by atoms with Crippen LogP contribution >= 0.6 is 11.8 Å². The summed E-state index contributed by atoms with van der Waals surface area (Å²) in [5.74, 6) is 0.975. The van der Waals surface area contributed by atoms with E-state index in [1.54, 1.807) is 6.92 Å². The highest BCUT2D eigenvalue weighted by Gasteiger charge is 2.29. The molecular formula is C17H18N2O2S. The average Bonchev–Trinajstić information content (AvgIpc) is 3.28. The fourth-order valence-corrected chi connectivity index (χ4v) is 3.42. The first-order valence-electron chi connectivity index (χ1n) is 7.35. The Kier molecular flexibility index (Phi) is 4.16. The van der Waals surface area contributed by atoms with Gasteiger partial charge >= 0.3 is 5.97 Å². The maximum Gasteiger partial charge on any atom is 0.340 e. The number of aromatic nitrogens is 2. The minimum Gasteiger partial charge on any atom is -0.478 e. The lowest BCUT2D eigenvalue weighted by atomic mass is 10.2. The van der Waals surface area contributed by atoms with Crippen molar-refractivity contribution in [2.24, 2.45) is 0 Å². The summed E-state index contributed by atoms with van der Waals surface area (Å²) in [4.78, 5) is 20.4. The second-order valence-corrected chi connectivity index (χ2v) is 6.67. The fourth-order valence-electron chi connectivity index (χ4n) is 2.40. The van der Waals surface area contributed by atoms with Gasteiger partial charge in [0.2, 0.25) is 0 Å². The zero-order valence-corrected chi connectivity index (χ0v) is 13.5. The summed E-state index contributed by atoms with van der Waals surface area (Å²) in [5, 5.41) is 10.0. The lowest BCUT2D eigenvalue weighted by molar-refractivity contribution is 0.0690. The second kappa shape index (κ2) is 6.08. The lowest BCUT2D eigenvalue weighted by Crippen LogP contribution is -2.09. The number of aryl methyl sites for hydroxylation is 2. The quantitative estimate of drug-likeness (QED) is 0.668. The van der Waals surface area contributed by atoms with Gasteiger partial charge in [-0.15, -0.1) is 11.8 Å². The molecule has 114 valence electrons. The summed E-state index contributed by atoms with van der Waals surface area (Å²) in [7, 11) is 0. The van der Waals surface area contributed by atoms with Gasteiger partial charge in [0.05, 0.1) is 5.69 Å². The number of aromatic carboxylic acids is 1. The monoisotopic (exact) mass is 314 g/mol. The Bertz CT molecular complexity index is 727. The van der Waals surface area contributed by atoms with Crippen molar-refractivity contribution in [3.05, 3.63) is 52.5 Å². The summed E-state index contributed by atoms with van der Waals surface area (Å²) in [5.41, 5.74) is 3.18. The van der Waals surface area contributed by atoms with E-state index < -0.39 is 5.97 Å². The molecule has 1 N–H and O–H groups in total. The predicted octanol–water partition coefficient (Wildman–Crippen LogP) is 3.96. The number of benzene rings is 1. The third-order valence-corrected chi connectivity index (χ3v) is 4.73. The van der Waals surface area contributed by atoms with Gasteiger partial charge in [-0.1, -0.05) is 29.8 Å². The summed E-state index contributed by atoms with van der Waals surface area (Å²) in [6, 6.07) is 8.24. The summed E-state index contributed by atoms with van der Waals surface area (Å²) < 4.78 is 0. The molecule has 22 heavy (non-hydrogen) atoms. The SMILES string of the molecule is Cc1cccc(CSc2nc(C3CC3)nc(C)c2C(=O)O)c1. The van der Waals surface area contributed by atoms with Gasteiger partial charge in [0, 0.05) is 11.7 Å². The van der Waals surface area contributed by atoms with E-state index >= 15 is 0 Å². The Morgan fingerprint density at radius 3 is 2.73 bits per heavy atom. The molecule has 4 nitrogen and oxygen atoms in total. The zero-order chi connectivity index (χ0) is 15.7. The number of nitrogens with zero attached hydrogens (tertiary/aromatic N) is 2. The molecule has 1 aromatic heterocycles. The van der Waals surface area contributed by atoms with Crippen LogP contribution in [0.25, 0.3) is 0 Å². The maximum atomic E-state index is 11.5. The minimum atomic E-state index is -0.952. The van der Waals surface area contributed by atoms with Gasteiger partial charge in [0.1, 0.15) is 16.4 Å². The third kappa shape index (κ3) is 3.30. The van der Waals surface area contributed by atoms with Crippen LogP contribution < -0.4 is 0 Å². The Morgan fingerprint density at radius 1 is 1.32 bits per heavy atom. The van der Waals surface area contributed by atoms with Crippen molar-refractivity contribution in [1.29, 1.82) is 0 Å². The number of carbonyl (C=O) groups is 1. The molecule has 0 bridgehead atoms. The molecule has 0 radical (unpaired) electrons. The molecule has 3 rings (SSSR count). The molecule has 0 unspecified atom stereocenters. The normalized spacial score (nSPS) is 14.1. The molecule has 1 fully saturated rings. The van der Waals surface area contributed by atoms with Gasteiger partial charge in [0.25, 0.3) is 0 Å². The molecule has 0 saturated heterocycles. The first-order valence-corrected chi connectivity index (χ1v) is 8.33. The summed E-state index contributed by atoms with van der Waals surface area (Å²) >= 11 is 1.48. The van der Waals surface area contributed by atoms with Crippen molar-refractivity contribution in [2.45, 2.75) is 43.4 Å². The predicted molar refractivity (Wildman–Crippen MR) is 86.4 cm³/mol. The highest BCUT2D eigenvalue weighted by molar-refractivity contribution is 7.98. The summed E-state index contributed by atoms with van der Waals surface area (Å²) in [6.45, 7) is 3.81. The molecule has 1 saturated carbocycles. The van der Waals surface area contributed by atoms with Gasteiger partial charge in [-0.3, -0.25) is 0 Å². The van der Waals surface area contributed by atoms with Gasteiger partial charge < -0.3 is 5.11 Å². The number of rotatable bonds is 5. The largest absolute Gasteiger partial charge is 0.478 e. The van der Waals surface area contributed by atoms with Crippen LogP contribution in [0.4, 0.5) is 0 Å². The first kappa shape index (κ1) is 15.0. The van der Waals surface area contributed by atoms with E-state index in [-0.39, 0.29) is 5.56 Å². The smallest absolute Gasteiger partial charge is 0.340 e. The minimum absolute atomic E-state index is 0.238. The van der Waals surface area contributed by atoms with E-state index in [1.807, 2.05) is 6.07 Å². The van der Waals surface area contributed by atoms with Crippen molar-refractivity contribution in [3.8, 4) is 0 Å². The van der Waals surface area contributed by atoms with Crippen LogP contribution in [0.2, 0.25) is 0 Å². The van der Waals surface area contributed by atoms with Crippen molar-refractivity contribution >= 4 is 17.7 Å². The van der Waals surface area contributed by atoms with E-state index in [2.05, 4.69) is 35.1 Å². The van der Waals surface area contributed by atoms with E-state index in [4.69, 9.17) is 0 Å². The van der Waals surface area contributed by atoms with Crippen molar-refractivity contribution in [1.82, 2.24) is 9.97 Å². The van der Waals surface area contributed by atoms with Crippen LogP contribution in [0.5, 0.6) is 0 Å². The highest BCUT2D eigenvalue weighted by Crippen LogP contribution is 2.39. The molecule has 0 amide bonds. The van der Waals surface area contributed by atoms with Gasteiger partial charge in [-0.05, 0) is 32.3 Å². The third-order valence-electron chi connectivity index (χ3n) is 3.69. The number of carboxylic acid groups (broad SMARTS) is 1. The van der Waals surface area contributed by atoms with Crippen LogP contribution in [0, 0.1) is 13.8 Å². The molecule has 1 aliphatic rings. The zero-order valence-electron chi connectivity index (χ0n) is 12.7. The Morgan fingerprint density at radius 2 is 2.09 bits per heavy atom. The molecule has 0 aliphatic heterocycles. The van der Waals surface area contributed by atoms with Crippen molar-refractivity contribution in [2.75, 3.05) is 0 Å². The van der Waals surface area contributed by atoms with Crippen LogP contribution in [-0.4, -0.2) is 21.0 Å². The molecule has 1 aliphatic carbocycles. The maximum absolute atomic E-state index is 11.5. The first-order chi connectivity index (χ1) is 10.5. The number of hydrogen-bond acceptors (Lipinski definition) is 4. The summed E-state index contributed by atoms with van der Waals surface area (Å²) in [6.07, 6.45) is 2.21. The Labute approximate surface area is 134 Å². The standard InChI is InChI=1S/C17H18N2O2S/c1-10-4-3-5-12(8-10)9-22-16-14(17(20)21)11(2)18-15(19-16)13-6-7-13/h3-5,8,13H,6-7,9H2,1-2H3,(H,20,21). The van der Waals surface area contributed by atoms with Crippen LogP contribution in [0.1, 0.15) is 51.8 Å². The van der Waals surface area contributed by atoms with Gasteiger partial charge in [-0.2, -0.15) is 0 Å². The van der Waals surface area contributed by atoms with E-state index in [1.165, 1.54) is 22.9 Å². The number of hydrogen-bond donors (Lipinski definition) is 1. The topological polar surface area (TPSA) is 63.1 Å². The van der Waals surface area contributed by atoms with E-state index in [0.717, 1.165) is 18.7 Å². The molecular weight excluding hydrogens is 296 g/mol. The number of carboxylic acids is 1. The lowest BCUT2D eigenvalue weighted by Gasteiger charge is -2.10. The molecule has 0 spiro atoms. The molecule has 5 heteroatoms. The van der Waals surface area contributed by atoms with Crippen LogP contribution in [0.15, 0.2) is 29.3 Å². The Balaban J connectivity index is 1.88. The molecule has 1 heterocycles. The van der Waals surface area contributed by atoms with Gasteiger partial charge in [-0.25, -0.2) is 14.8 Å². The van der Waals surface area contributed by atoms with E-state index in [0.29, 0.717) is 22.4 Å². The average molecular weight is 314 g/mol. The van der Waals surface area contributed by atoms with Crippen molar-refractivity contribution in [3.63, 3.8) is 0 Å². The Hall–Kier alpha value is -1.88. The fraction of sp³-hybridized carbons (Fsp3) is 0.353. The van der Waals surface area contributed by atoms with Crippen LogP contribution in [-0.2, 0) is 5.75 Å². The van der Waals surface area contributed by atoms with E-state index in [9.17, 15) is 9.90 Å².